The third kappa shape index (κ3) is 4.59. The van der Waals surface area contributed by atoms with Crippen LogP contribution in [0.4, 0.5) is 0 Å². The summed E-state index contributed by atoms with van der Waals surface area (Å²) in [5.41, 5.74) is 0. The summed E-state index contributed by atoms with van der Waals surface area (Å²) in [6.07, 6.45) is 0. The maximum atomic E-state index is 12.0. The minimum absolute atomic E-state index is 0.290. The Morgan fingerprint density at radius 2 is 1.84 bits per heavy atom. The number of hydrogen-bond acceptors (Lipinski definition) is 5. The van der Waals surface area contributed by atoms with E-state index in [2.05, 4.69) is 0 Å². The second-order valence-electron chi connectivity index (χ2n) is 3.92. The van der Waals surface area contributed by atoms with Gasteiger partial charge in [0.05, 0.1) is 19.6 Å². The van der Waals surface area contributed by atoms with Crippen LogP contribution in [0, 0.1) is 5.92 Å². The summed E-state index contributed by atoms with van der Waals surface area (Å²) in [5, 5.41) is -0.602. The van der Waals surface area contributed by atoms with Crippen LogP contribution in [-0.4, -0.2) is 30.9 Å². The van der Waals surface area contributed by atoms with Crippen LogP contribution in [0.25, 0.3) is 0 Å². The molecule has 0 saturated heterocycles. The van der Waals surface area contributed by atoms with Gasteiger partial charge in [0, 0.05) is 4.90 Å². The van der Waals surface area contributed by atoms with Gasteiger partial charge in [-0.2, -0.15) is 0 Å². The van der Waals surface area contributed by atoms with Gasteiger partial charge >= 0.3 is 11.9 Å². The van der Waals surface area contributed by atoms with Crippen molar-refractivity contribution < 1.29 is 19.1 Å². The zero-order valence-corrected chi connectivity index (χ0v) is 12.1. The maximum absolute atomic E-state index is 12.0. The van der Waals surface area contributed by atoms with Gasteiger partial charge in [-0.1, -0.05) is 25.1 Å². The Hall–Kier alpha value is -1.49. The lowest BCUT2D eigenvalue weighted by Gasteiger charge is -2.20. The van der Waals surface area contributed by atoms with Crippen molar-refractivity contribution in [2.24, 2.45) is 5.92 Å². The number of ether oxygens (including phenoxy) is 2. The maximum Gasteiger partial charge on any atom is 0.320 e. The van der Waals surface area contributed by atoms with Crippen LogP contribution in [0.15, 0.2) is 35.2 Å². The summed E-state index contributed by atoms with van der Waals surface area (Å²) in [4.78, 5) is 24.5. The van der Waals surface area contributed by atoms with Crippen molar-refractivity contribution in [1.29, 1.82) is 0 Å². The molecule has 5 heteroatoms. The molecule has 0 N–H and O–H groups in total. The lowest BCUT2D eigenvalue weighted by atomic mass is 10.1. The van der Waals surface area contributed by atoms with Gasteiger partial charge in [-0.15, -0.1) is 11.8 Å². The Morgan fingerprint density at radius 1 is 1.21 bits per heavy atom. The molecular weight excluding hydrogens is 264 g/mol. The molecule has 0 saturated carbocycles. The number of benzene rings is 1. The van der Waals surface area contributed by atoms with Crippen molar-refractivity contribution in [3.8, 4) is 0 Å². The molecule has 0 aliphatic heterocycles. The summed E-state index contributed by atoms with van der Waals surface area (Å²) >= 11 is 1.31. The van der Waals surface area contributed by atoms with E-state index in [4.69, 9.17) is 9.47 Å². The predicted molar refractivity (Wildman–Crippen MR) is 73.9 cm³/mol. The fraction of sp³-hybridized carbons (Fsp3) is 0.429. The van der Waals surface area contributed by atoms with E-state index in [0.29, 0.717) is 6.61 Å². The quantitative estimate of drug-likeness (QED) is 0.593. The molecule has 1 aromatic carbocycles. The standard InChI is InChI=1S/C14H18O4S/c1-4-18-14(16)12(10(2)13(15)17-3)19-11-8-6-5-7-9-11/h5-10,12H,4H2,1-3H3/t10-,12+/m1/s1. The van der Waals surface area contributed by atoms with Crippen LogP contribution >= 0.6 is 11.8 Å². The molecule has 104 valence electrons. The normalized spacial score (nSPS) is 13.4. The average Bonchev–Trinajstić information content (AvgIpc) is 2.44. The van der Waals surface area contributed by atoms with Crippen LogP contribution < -0.4 is 0 Å². The third-order valence-electron chi connectivity index (χ3n) is 2.55. The molecule has 19 heavy (non-hydrogen) atoms. The summed E-state index contributed by atoms with van der Waals surface area (Å²) < 4.78 is 9.72. The highest BCUT2D eigenvalue weighted by Crippen LogP contribution is 2.29. The van der Waals surface area contributed by atoms with Crippen molar-refractivity contribution >= 4 is 23.7 Å². The fourth-order valence-corrected chi connectivity index (χ4v) is 2.62. The van der Waals surface area contributed by atoms with Crippen molar-refractivity contribution in [3.63, 3.8) is 0 Å². The second-order valence-corrected chi connectivity index (χ2v) is 5.13. The number of carbonyl (C=O) groups excluding carboxylic acids is 2. The highest BCUT2D eigenvalue weighted by atomic mass is 32.2. The van der Waals surface area contributed by atoms with Crippen molar-refractivity contribution in [3.05, 3.63) is 30.3 Å². The first-order valence-electron chi connectivity index (χ1n) is 6.06. The molecule has 0 amide bonds. The Morgan fingerprint density at radius 3 is 2.37 bits per heavy atom. The van der Waals surface area contributed by atoms with Crippen LogP contribution in [-0.2, 0) is 19.1 Å². The van der Waals surface area contributed by atoms with Gasteiger partial charge in [-0.25, -0.2) is 0 Å². The summed E-state index contributed by atoms with van der Waals surface area (Å²) in [7, 11) is 1.31. The molecule has 0 heterocycles. The van der Waals surface area contributed by atoms with E-state index in [1.54, 1.807) is 13.8 Å². The molecular formula is C14H18O4S. The molecule has 0 aliphatic rings. The average molecular weight is 282 g/mol. The molecule has 2 atom stereocenters. The van der Waals surface area contributed by atoms with Crippen LogP contribution in [0.3, 0.4) is 0 Å². The number of carbonyl (C=O) groups is 2. The highest BCUT2D eigenvalue weighted by molar-refractivity contribution is 8.00. The molecule has 1 aromatic rings. The predicted octanol–water partition coefficient (Wildman–Crippen LogP) is 2.52. The zero-order valence-electron chi connectivity index (χ0n) is 11.3. The first-order chi connectivity index (χ1) is 9.10. The molecule has 0 spiro atoms. The SMILES string of the molecule is CCOC(=O)[C@@H](Sc1ccccc1)[C@@H](C)C(=O)OC. The van der Waals surface area contributed by atoms with Crippen LogP contribution in [0.2, 0.25) is 0 Å². The topological polar surface area (TPSA) is 52.6 Å². The lowest BCUT2D eigenvalue weighted by Crippen LogP contribution is -2.32. The largest absolute Gasteiger partial charge is 0.469 e. The molecule has 4 nitrogen and oxygen atoms in total. The zero-order chi connectivity index (χ0) is 14.3. The van der Waals surface area contributed by atoms with Crippen molar-refractivity contribution in [1.82, 2.24) is 0 Å². The number of methoxy groups -OCH3 is 1. The molecule has 0 unspecified atom stereocenters. The smallest absolute Gasteiger partial charge is 0.320 e. The summed E-state index contributed by atoms with van der Waals surface area (Å²) in [6, 6.07) is 9.44. The van der Waals surface area contributed by atoms with Crippen LogP contribution in [0.5, 0.6) is 0 Å². The van der Waals surface area contributed by atoms with E-state index >= 15 is 0 Å². The molecule has 1 rings (SSSR count). The van der Waals surface area contributed by atoms with Crippen LogP contribution in [0.1, 0.15) is 13.8 Å². The summed E-state index contributed by atoms with van der Waals surface area (Å²) in [5.74, 6) is -1.37. The first-order valence-corrected chi connectivity index (χ1v) is 6.94. The molecule has 0 fully saturated rings. The van der Waals surface area contributed by atoms with E-state index in [0.717, 1.165) is 4.90 Å². The fourth-order valence-electron chi connectivity index (χ4n) is 1.53. The number of esters is 2. The van der Waals surface area contributed by atoms with Gasteiger partial charge in [0.2, 0.25) is 0 Å². The van der Waals surface area contributed by atoms with Gasteiger partial charge in [-0.05, 0) is 19.1 Å². The minimum Gasteiger partial charge on any atom is -0.469 e. The molecule has 0 radical (unpaired) electrons. The molecule has 0 aliphatic carbocycles. The van der Waals surface area contributed by atoms with E-state index in [1.165, 1.54) is 18.9 Å². The second kappa shape index (κ2) is 7.84. The molecule has 0 bridgehead atoms. The Balaban J connectivity index is 2.86. The Kier molecular flexibility index (Phi) is 6.42. The van der Waals surface area contributed by atoms with E-state index < -0.39 is 23.1 Å². The van der Waals surface area contributed by atoms with Gasteiger partial charge in [0.1, 0.15) is 5.25 Å². The van der Waals surface area contributed by atoms with Crippen molar-refractivity contribution in [2.45, 2.75) is 24.0 Å². The first kappa shape index (κ1) is 15.6. The third-order valence-corrected chi connectivity index (χ3v) is 3.95. The van der Waals surface area contributed by atoms with Gasteiger partial charge in [0.15, 0.2) is 0 Å². The summed E-state index contributed by atoms with van der Waals surface area (Å²) in [6.45, 7) is 3.70. The van der Waals surface area contributed by atoms with Gasteiger partial charge < -0.3 is 9.47 Å². The lowest BCUT2D eigenvalue weighted by molar-refractivity contribution is -0.151. The van der Waals surface area contributed by atoms with Gasteiger partial charge in [-0.3, -0.25) is 9.59 Å². The Labute approximate surface area is 117 Å². The monoisotopic (exact) mass is 282 g/mol. The van der Waals surface area contributed by atoms with Crippen molar-refractivity contribution in [2.75, 3.05) is 13.7 Å². The van der Waals surface area contributed by atoms with E-state index in [-0.39, 0.29) is 0 Å². The minimum atomic E-state index is -0.602. The van der Waals surface area contributed by atoms with Gasteiger partial charge in [0.25, 0.3) is 0 Å². The number of rotatable bonds is 6. The van der Waals surface area contributed by atoms with E-state index in [1.807, 2.05) is 30.3 Å². The number of thioether (sulfide) groups is 1. The Bertz CT molecular complexity index is 419. The molecule has 0 aromatic heterocycles. The van der Waals surface area contributed by atoms with E-state index in [9.17, 15) is 9.59 Å². The number of hydrogen-bond donors (Lipinski definition) is 0. The highest BCUT2D eigenvalue weighted by Gasteiger charge is 2.33.